The van der Waals surface area contributed by atoms with Crippen LogP contribution in [0.25, 0.3) is 0 Å². The lowest BCUT2D eigenvalue weighted by Crippen LogP contribution is -2.52. The number of alkyl halides is 3. The average Bonchev–Trinajstić information content (AvgIpc) is 3.18. The maximum absolute atomic E-state index is 12.7. The molecule has 1 N–H and O–H groups in total. The van der Waals surface area contributed by atoms with Gasteiger partial charge in [-0.3, -0.25) is 4.79 Å². The number of carboxylic acid groups (broad SMARTS) is 1. The number of fused-ring (bicyclic) bond motifs is 7. The second kappa shape index (κ2) is 7.64. The molecule has 4 saturated carbocycles. The van der Waals surface area contributed by atoms with Crippen LogP contribution in [-0.4, -0.2) is 25.0 Å². The molecule has 32 heavy (non-hydrogen) atoms. The number of carbonyl (C=O) groups is 1. The fourth-order valence-corrected chi connectivity index (χ4v) is 9.13. The van der Waals surface area contributed by atoms with Crippen molar-refractivity contribution in [2.75, 3.05) is 0 Å². The number of hydrogen-bond donors (Lipinski definition) is 1. The molecule has 0 radical (unpaired) electrons. The number of allylic oxidation sites excluding steroid dienone is 2. The predicted octanol–water partition coefficient (Wildman–Crippen LogP) is 5.48. The third kappa shape index (κ3) is 3.40. The summed E-state index contributed by atoms with van der Waals surface area (Å²) in [5, 5.41) is 10.0. The van der Waals surface area contributed by atoms with Gasteiger partial charge in [-0.05, 0) is 105 Å². The molecule has 180 valence electrons. The Morgan fingerprint density at radius 3 is 2.34 bits per heavy atom. The normalized spacial score (nSPS) is 43.8. The topological polar surface area (TPSA) is 80.7 Å². The molecular formula is C23H31F3O5S. The summed E-state index contributed by atoms with van der Waals surface area (Å²) < 4.78 is 65.3. The number of carboxylic acids is 1. The van der Waals surface area contributed by atoms with Gasteiger partial charge in [0.05, 0.1) is 5.41 Å². The first-order valence-electron chi connectivity index (χ1n) is 12.0. The van der Waals surface area contributed by atoms with Crippen molar-refractivity contribution in [2.45, 2.75) is 76.1 Å². The summed E-state index contributed by atoms with van der Waals surface area (Å²) in [7, 11) is -5.61. The quantitative estimate of drug-likeness (QED) is 0.431. The van der Waals surface area contributed by atoms with Crippen molar-refractivity contribution in [3.8, 4) is 0 Å². The predicted molar refractivity (Wildman–Crippen MR) is 109 cm³/mol. The van der Waals surface area contributed by atoms with E-state index in [9.17, 15) is 31.5 Å². The molecule has 8 atom stereocenters. The van der Waals surface area contributed by atoms with Crippen LogP contribution in [-0.2, 0) is 19.1 Å². The second-order valence-corrected chi connectivity index (χ2v) is 12.4. The SMILES string of the molecule is O=C(O)C12CCCC1C1CCC3C4CC=C(OS(=O)(=O)C(F)(F)F)CC4CCC3C1CC2. The van der Waals surface area contributed by atoms with Gasteiger partial charge >= 0.3 is 21.6 Å². The molecule has 0 saturated heterocycles. The number of rotatable bonds is 3. The van der Waals surface area contributed by atoms with Gasteiger partial charge in [0.25, 0.3) is 0 Å². The van der Waals surface area contributed by atoms with Gasteiger partial charge in [0.1, 0.15) is 5.76 Å². The Morgan fingerprint density at radius 2 is 1.62 bits per heavy atom. The van der Waals surface area contributed by atoms with Crippen molar-refractivity contribution in [3.05, 3.63) is 11.8 Å². The molecule has 5 aliphatic carbocycles. The van der Waals surface area contributed by atoms with Crippen LogP contribution < -0.4 is 0 Å². The smallest absolute Gasteiger partial charge is 0.481 e. The van der Waals surface area contributed by atoms with Crippen molar-refractivity contribution in [2.24, 2.45) is 46.8 Å². The highest BCUT2D eigenvalue weighted by molar-refractivity contribution is 7.87. The molecule has 4 fully saturated rings. The minimum Gasteiger partial charge on any atom is -0.481 e. The van der Waals surface area contributed by atoms with E-state index in [0.717, 1.165) is 57.8 Å². The molecule has 5 aliphatic rings. The fourth-order valence-electron chi connectivity index (χ4n) is 8.62. The van der Waals surface area contributed by atoms with Crippen molar-refractivity contribution in [3.63, 3.8) is 0 Å². The third-order valence-electron chi connectivity index (χ3n) is 9.81. The summed E-state index contributed by atoms with van der Waals surface area (Å²) in [6.07, 6.45) is 10.9. The average molecular weight is 477 g/mol. The van der Waals surface area contributed by atoms with E-state index in [-0.39, 0.29) is 24.0 Å². The Kier molecular flexibility index (Phi) is 5.38. The molecule has 5 rings (SSSR count). The Balaban J connectivity index is 1.31. The summed E-state index contributed by atoms with van der Waals surface area (Å²) in [6.45, 7) is 0. The Bertz CT molecular complexity index is 913. The Morgan fingerprint density at radius 1 is 0.969 bits per heavy atom. The molecule has 0 aromatic heterocycles. The van der Waals surface area contributed by atoms with Gasteiger partial charge in [-0.1, -0.05) is 6.42 Å². The zero-order chi connectivity index (χ0) is 22.9. The minimum atomic E-state index is -5.61. The van der Waals surface area contributed by atoms with E-state index >= 15 is 0 Å². The van der Waals surface area contributed by atoms with Crippen molar-refractivity contribution in [1.29, 1.82) is 0 Å². The lowest BCUT2D eigenvalue weighted by Gasteiger charge is -2.57. The van der Waals surface area contributed by atoms with Gasteiger partial charge < -0.3 is 9.29 Å². The molecule has 0 spiro atoms. The van der Waals surface area contributed by atoms with Crippen LogP contribution in [0.15, 0.2) is 11.8 Å². The first-order chi connectivity index (χ1) is 15.0. The standard InChI is InChI=1S/C23H31F3O5S/c24-23(25,26)32(29,30)31-14-4-6-15-13(12-14)3-5-17-16(15)7-8-19-18(17)9-11-22(21(27)28)10-1-2-20(19)22/h4,13,15-20H,1-3,5-12H2,(H,27,28). The van der Waals surface area contributed by atoms with E-state index in [0.29, 0.717) is 36.0 Å². The lowest BCUT2D eigenvalue weighted by atomic mass is 9.47. The van der Waals surface area contributed by atoms with Crippen molar-refractivity contribution >= 4 is 16.1 Å². The van der Waals surface area contributed by atoms with Crippen LogP contribution >= 0.6 is 0 Å². The highest BCUT2D eigenvalue weighted by atomic mass is 32.2. The molecule has 9 heteroatoms. The largest absolute Gasteiger partial charge is 0.534 e. The van der Waals surface area contributed by atoms with E-state index in [2.05, 4.69) is 4.18 Å². The molecule has 0 aliphatic heterocycles. The van der Waals surface area contributed by atoms with Crippen molar-refractivity contribution < 1.29 is 35.7 Å². The van der Waals surface area contributed by atoms with E-state index in [1.165, 1.54) is 0 Å². The van der Waals surface area contributed by atoms with Gasteiger partial charge in [-0.15, -0.1) is 0 Å². The van der Waals surface area contributed by atoms with Crippen LogP contribution in [0.5, 0.6) is 0 Å². The monoisotopic (exact) mass is 476 g/mol. The molecule has 0 aromatic carbocycles. The number of hydrogen-bond acceptors (Lipinski definition) is 4. The first-order valence-corrected chi connectivity index (χ1v) is 13.4. The van der Waals surface area contributed by atoms with Crippen LogP contribution in [0, 0.1) is 46.8 Å². The van der Waals surface area contributed by atoms with E-state index in [1.54, 1.807) is 6.08 Å². The van der Waals surface area contributed by atoms with Gasteiger partial charge in [0.15, 0.2) is 0 Å². The minimum absolute atomic E-state index is 0.0643. The maximum Gasteiger partial charge on any atom is 0.534 e. The first kappa shape index (κ1) is 22.5. The van der Waals surface area contributed by atoms with Gasteiger partial charge in [-0.2, -0.15) is 21.6 Å². The number of halogens is 3. The number of aliphatic carboxylic acids is 1. The van der Waals surface area contributed by atoms with E-state index in [1.807, 2.05) is 0 Å². The zero-order valence-corrected chi connectivity index (χ0v) is 18.8. The van der Waals surface area contributed by atoms with Gasteiger partial charge in [0.2, 0.25) is 0 Å². The molecule has 0 aromatic rings. The lowest BCUT2D eigenvalue weighted by molar-refractivity contribution is -0.162. The van der Waals surface area contributed by atoms with Crippen LogP contribution in [0.2, 0.25) is 0 Å². The summed E-state index contributed by atoms with van der Waals surface area (Å²) >= 11 is 0. The second-order valence-electron chi connectivity index (χ2n) is 10.8. The third-order valence-corrected chi connectivity index (χ3v) is 10.8. The summed E-state index contributed by atoms with van der Waals surface area (Å²) in [6, 6.07) is 0. The molecule has 0 amide bonds. The highest BCUT2D eigenvalue weighted by Gasteiger charge is 2.60. The summed E-state index contributed by atoms with van der Waals surface area (Å²) in [5.41, 5.74) is -5.93. The zero-order valence-electron chi connectivity index (χ0n) is 18.0. The summed E-state index contributed by atoms with van der Waals surface area (Å²) in [5.74, 6) is 2.20. The molecule has 0 bridgehead atoms. The summed E-state index contributed by atoms with van der Waals surface area (Å²) in [4.78, 5) is 12.2. The van der Waals surface area contributed by atoms with E-state index in [4.69, 9.17) is 0 Å². The van der Waals surface area contributed by atoms with Crippen molar-refractivity contribution in [1.82, 2.24) is 0 Å². The fraction of sp³-hybridized carbons (Fsp3) is 0.870. The highest BCUT2D eigenvalue weighted by Crippen LogP contribution is 2.64. The van der Waals surface area contributed by atoms with E-state index < -0.39 is 27.0 Å². The molecule has 8 unspecified atom stereocenters. The molecule has 5 nitrogen and oxygen atoms in total. The van der Waals surface area contributed by atoms with Crippen LogP contribution in [0.3, 0.4) is 0 Å². The Labute approximate surface area is 186 Å². The van der Waals surface area contributed by atoms with Crippen LogP contribution in [0.4, 0.5) is 13.2 Å². The molecular weight excluding hydrogens is 445 g/mol. The van der Waals surface area contributed by atoms with Gasteiger partial charge in [-0.25, -0.2) is 0 Å². The maximum atomic E-state index is 12.7. The van der Waals surface area contributed by atoms with Gasteiger partial charge in [0, 0.05) is 6.42 Å². The van der Waals surface area contributed by atoms with Crippen LogP contribution in [0.1, 0.15) is 70.6 Å². The Hall–Kier alpha value is -1.25. The molecule has 0 heterocycles.